The Hall–Kier alpha value is -1.84. The van der Waals surface area contributed by atoms with Gasteiger partial charge in [0.05, 0.1) is 12.6 Å². The first-order valence-corrected chi connectivity index (χ1v) is 8.14. The number of amides is 1. The van der Waals surface area contributed by atoms with Crippen molar-refractivity contribution in [2.75, 3.05) is 18.6 Å². The summed E-state index contributed by atoms with van der Waals surface area (Å²) >= 11 is 0. The third-order valence-electron chi connectivity index (χ3n) is 2.52. The van der Waals surface area contributed by atoms with Crippen molar-refractivity contribution in [3.63, 3.8) is 0 Å². The van der Waals surface area contributed by atoms with E-state index >= 15 is 0 Å². The Balaban J connectivity index is 2.68. The lowest BCUT2D eigenvalue weighted by Gasteiger charge is -2.14. The van der Waals surface area contributed by atoms with Crippen LogP contribution in [0.25, 0.3) is 0 Å². The number of nitrogens with one attached hydrogen (secondary N) is 1. The van der Waals surface area contributed by atoms with Gasteiger partial charge >= 0.3 is 0 Å². The number of carbonyl (C=O) groups excluding carboxylic acids is 1. The van der Waals surface area contributed by atoms with E-state index in [0.717, 1.165) is 17.4 Å². The standard InChI is InChI=1S/C14H18N2O3S/c1-11(16-14(17)10-20(2,18)19)13-7-5-12(6-8-13)4-3-9-15/h5-8,11H,9-10,15H2,1-2H3,(H,16,17). The molecule has 6 heteroatoms. The monoisotopic (exact) mass is 294 g/mol. The lowest BCUT2D eigenvalue weighted by atomic mass is 10.1. The molecule has 0 heterocycles. The van der Waals surface area contributed by atoms with Crippen LogP contribution >= 0.6 is 0 Å². The van der Waals surface area contributed by atoms with Crippen LogP contribution in [-0.4, -0.2) is 32.9 Å². The Morgan fingerprint density at radius 3 is 2.45 bits per heavy atom. The predicted octanol–water partition coefficient (Wildman–Crippen LogP) is 0.219. The number of carbonyl (C=O) groups is 1. The van der Waals surface area contributed by atoms with Gasteiger partial charge in [-0.1, -0.05) is 24.0 Å². The Morgan fingerprint density at radius 1 is 1.35 bits per heavy atom. The van der Waals surface area contributed by atoms with E-state index in [-0.39, 0.29) is 6.04 Å². The van der Waals surface area contributed by atoms with E-state index in [1.165, 1.54) is 0 Å². The van der Waals surface area contributed by atoms with Crippen molar-refractivity contribution in [1.82, 2.24) is 5.32 Å². The second kappa shape index (κ2) is 7.08. The third kappa shape index (κ3) is 5.87. The molecule has 0 saturated heterocycles. The van der Waals surface area contributed by atoms with Crippen LogP contribution in [0, 0.1) is 11.8 Å². The first-order chi connectivity index (χ1) is 9.31. The molecule has 1 atom stereocenters. The average molecular weight is 294 g/mol. The molecular weight excluding hydrogens is 276 g/mol. The molecule has 0 aliphatic rings. The van der Waals surface area contributed by atoms with Gasteiger partial charge in [0.15, 0.2) is 9.84 Å². The summed E-state index contributed by atoms with van der Waals surface area (Å²) in [7, 11) is -3.31. The lowest BCUT2D eigenvalue weighted by Crippen LogP contribution is -2.32. The normalized spacial score (nSPS) is 12.2. The molecule has 108 valence electrons. The summed E-state index contributed by atoms with van der Waals surface area (Å²) in [6.07, 6.45) is 1.03. The van der Waals surface area contributed by atoms with Crippen molar-refractivity contribution in [2.24, 2.45) is 5.73 Å². The Bertz CT molecular complexity index is 625. The fraction of sp³-hybridized carbons (Fsp3) is 0.357. The fourth-order valence-corrected chi connectivity index (χ4v) is 2.17. The van der Waals surface area contributed by atoms with Crippen LogP contribution < -0.4 is 11.1 Å². The van der Waals surface area contributed by atoms with E-state index in [1.807, 2.05) is 24.3 Å². The molecule has 0 fully saturated rings. The van der Waals surface area contributed by atoms with Crippen molar-refractivity contribution in [3.8, 4) is 11.8 Å². The van der Waals surface area contributed by atoms with E-state index in [0.29, 0.717) is 6.54 Å². The van der Waals surface area contributed by atoms with Gasteiger partial charge in [-0.15, -0.1) is 0 Å². The van der Waals surface area contributed by atoms with Gasteiger partial charge in [0.25, 0.3) is 0 Å². The van der Waals surface area contributed by atoms with E-state index in [1.54, 1.807) is 6.92 Å². The molecule has 3 N–H and O–H groups in total. The highest BCUT2D eigenvalue weighted by Crippen LogP contribution is 2.13. The van der Waals surface area contributed by atoms with Crippen LogP contribution in [0.4, 0.5) is 0 Å². The maximum Gasteiger partial charge on any atom is 0.235 e. The molecule has 0 bridgehead atoms. The molecule has 1 aromatic carbocycles. The third-order valence-corrected chi connectivity index (χ3v) is 3.30. The minimum atomic E-state index is -3.31. The van der Waals surface area contributed by atoms with E-state index in [2.05, 4.69) is 17.2 Å². The summed E-state index contributed by atoms with van der Waals surface area (Å²) in [5, 5.41) is 2.64. The molecule has 0 spiro atoms. The average Bonchev–Trinajstić information content (AvgIpc) is 2.34. The smallest absolute Gasteiger partial charge is 0.235 e. The summed E-state index contributed by atoms with van der Waals surface area (Å²) < 4.78 is 22.0. The van der Waals surface area contributed by atoms with E-state index < -0.39 is 21.5 Å². The van der Waals surface area contributed by atoms with Gasteiger partial charge in [-0.05, 0) is 24.6 Å². The molecule has 1 aromatic rings. The molecule has 1 unspecified atom stereocenters. The minimum Gasteiger partial charge on any atom is -0.349 e. The van der Waals surface area contributed by atoms with E-state index in [4.69, 9.17) is 5.73 Å². The van der Waals surface area contributed by atoms with Crippen LogP contribution in [0.1, 0.15) is 24.1 Å². The van der Waals surface area contributed by atoms with Crippen LogP contribution in [0.2, 0.25) is 0 Å². The zero-order chi connectivity index (χ0) is 15.2. The maximum atomic E-state index is 11.5. The Labute approximate surface area is 119 Å². The van der Waals surface area contributed by atoms with Crippen LogP contribution in [0.5, 0.6) is 0 Å². The summed E-state index contributed by atoms with van der Waals surface area (Å²) in [5.41, 5.74) is 7.01. The molecule has 0 radical (unpaired) electrons. The minimum absolute atomic E-state index is 0.263. The molecule has 1 amide bonds. The number of hydrogen-bond donors (Lipinski definition) is 2. The lowest BCUT2D eigenvalue weighted by molar-refractivity contribution is -0.119. The second-order valence-electron chi connectivity index (χ2n) is 4.49. The maximum absolute atomic E-state index is 11.5. The summed E-state index contributed by atoms with van der Waals surface area (Å²) in [6.45, 7) is 2.10. The number of benzene rings is 1. The van der Waals surface area contributed by atoms with Crippen LogP contribution in [-0.2, 0) is 14.6 Å². The van der Waals surface area contributed by atoms with Gasteiger partial charge in [-0.3, -0.25) is 4.79 Å². The summed E-state index contributed by atoms with van der Waals surface area (Å²) in [6, 6.07) is 7.08. The van der Waals surface area contributed by atoms with Crippen molar-refractivity contribution < 1.29 is 13.2 Å². The first kappa shape index (κ1) is 16.2. The SMILES string of the molecule is CC(NC(=O)CS(C)(=O)=O)c1ccc(C#CCN)cc1. The molecule has 1 rings (SSSR count). The molecule has 0 aromatic heterocycles. The molecule has 0 aliphatic carbocycles. The number of rotatable bonds is 4. The van der Waals surface area contributed by atoms with Gasteiger partial charge < -0.3 is 11.1 Å². The van der Waals surface area contributed by atoms with Gasteiger partial charge in [0.1, 0.15) is 5.75 Å². The van der Waals surface area contributed by atoms with Gasteiger partial charge in [0.2, 0.25) is 5.91 Å². The summed E-state index contributed by atoms with van der Waals surface area (Å²) in [4.78, 5) is 11.5. The predicted molar refractivity (Wildman–Crippen MR) is 78.6 cm³/mol. The Morgan fingerprint density at radius 2 is 1.95 bits per heavy atom. The van der Waals surface area contributed by atoms with Crippen molar-refractivity contribution >= 4 is 15.7 Å². The molecule has 0 saturated carbocycles. The highest BCUT2D eigenvalue weighted by Gasteiger charge is 2.14. The van der Waals surface area contributed by atoms with Gasteiger partial charge in [0, 0.05) is 11.8 Å². The molecular formula is C14H18N2O3S. The van der Waals surface area contributed by atoms with Gasteiger partial charge in [-0.25, -0.2) is 8.42 Å². The van der Waals surface area contributed by atoms with Crippen molar-refractivity contribution in [3.05, 3.63) is 35.4 Å². The quantitative estimate of drug-likeness (QED) is 0.777. The fourth-order valence-electron chi connectivity index (χ4n) is 1.61. The highest BCUT2D eigenvalue weighted by atomic mass is 32.2. The van der Waals surface area contributed by atoms with Gasteiger partial charge in [-0.2, -0.15) is 0 Å². The Kier molecular flexibility index (Phi) is 5.74. The van der Waals surface area contributed by atoms with Crippen molar-refractivity contribution in [1.29, 1.82) is 0 Å². The topological polar surface area (TPSA) is 89.3 Å². The molecule has 0 aliphatic heterocycles. The van der Waals surface area contributed by atoms with Crippen LogP contribution in [0.15, 0.2) is 24.3 Å². The number of nitrogens with two attached hydrogens (primary N) is 1. The summed E-state index contributed by atoms with van der Waals surface area (Å²) in [5.74, 6) is 4.64. The zero-order valence-electron chi connectivity index (χ0n) is 11.5. The molecule has 5 nitrogen and oxygen atoms in total. The second-order valence-corrected chi connectivity index (χ2v) is 6.63. The van der Waals surface area contributed by atoms with Crippen LogP contribution in [0.3, 0.4) is 0 Å². The zero-order valence-corrected chi connectivity index (χ0v) is 12.3. The molecule has 20 heavy (non-hydrogen) atoms. The highest BCUT2D eigenvalue weighted by molar-refractivity contribution is 7.91. The van der Waals surface area contributed by atoms with E-state index in [9.17, 15) is 13.2 Å². The first-order valence-electron chi connectivity index (χ1n) is 6.08. The van der Waals surface area contributed by atoms with Crippen molar-refractivity contribution in [2.45, 2.75) is 13.0 Å². The number of sulfone groups is 1. The number of hydrogen-bond acceptors (Lipinski definition) is 4. The largest absolute Gasteiger partial charge is 0.349 e.